The van der Waals surface area contributed by atoms with Gasteiger partial charge < -0.3 is 14.9 Å². The molecule has 0 aromatic heterocycles. The zero-order valence-electron chi connectivity index (χ0n) is 4.58. The molecule has 3 nitrogen and oxygen atoms in total. The molecule has 2 N–H and O–H groups in total. The zero-order chi connectivity index (χ0) is 5.98. The molecule has 1 saturated heterocycles. The van der Waals surface area contributed by atoms with Crippen molar-refractivity contribution in [3.8, 4) is 0 Å². The van der Waals surface area contributed by atoms with Crippen LogP contribution in [-0.2, 0) is 4.74 Å². The summed E-state index contributed by atoms with van der Waals surface area (Å²) < 4.78 is 4.91. The van der Waals surface area contributed by atoms with Crippen molar-refractivity contribution in [1.82, 2.24) is 0 Å². The molecule has 1 heterocycles. The van der Waals surface area contributed by atoms with Crippen molar-refractivity contribution >= 4 is 0 Å². The van der Waals surface area contributed by atoms with Gasteiger partial charge in [0, 0.05) is 6.61 Å². The van der Waals surface area contributed by atoms with Crippen LogP contribution in [0.1, 0.15) is 6.42 Å². The molecule has 0 aliphatic carbocycles. The van der Waals surface area contributed by atoms with Crippen molar-refractivity contribution in [3.05, 3.63) is 0 Å². The normalized spacial score (nSPS) is 38.2. The molecule has 1 unspecified atom stereocenters. The zero-order valence-corrected chi connectivity index (χ0v) is 4.58. The maximum atomic E-state index is 8.90. The molecule has 0 bridgehead atoms. The number of hydrogen-bond donors (Lipinski definition) is 2. The molecule has 1 aliphatic heterocycles. The van der Waals surface area contributed by atoms with Crippen LogP contribution in [0, 0.1) is 0 Å². The third kappa shape index (κ3) is 0.992. The molecule has 0 aromatic rings. The number of aliphatic hydroxyl groups excluding tert-OH is 2. The van der Waals surface area contributed by atoms with Crippen molar-refractivity contribution in [2.45, 2.75) is 18.6 Å². The van der Waals surface area contributed by atoms with E-state index in [1.807, 2.05) is 0 Å². The van der Waals surface area contributed by atoms with E-state index in [0.29, 0.717) is 13.0 Å². The van der Waals surface area contributed by atoms with Gasteiger partial charge in [-0.3, -0.25) is 0 Å². The molecule has 0 spiro atoms. The summed E-state index contributed by atoms with van der Waals surface area (Å²) >= 11 is 0. The Kier molecular flexibility index (Phi) is 1.83. The summed E-state index contributed by atoms with van der Waals surface area (Å²) in [5.41, 5.74) is 0. The van der Waals surface area contributed by atoms with Gasteiger partial charge in [0.2, 0.25) is 0 Å². The monoisotopic (exact) mass is 118 g/mol. The molecule has 1 aliphatic rings. The maximum Gasteiger partial charge on any atom is 0.106 e. The Labute approximate surface area is 47.9 Å². The predicted octanol–water partition coefficient (Wildman–Crippen LogP) is -0.872. The Morgan fingerprint density at radius 2 is 2.38 bits per heavy atom. The van der Waals surface area contributed by atoms with Gasteiger partial charge in [0.15, 0.2) is 0 Å². The first-order valence-electron chi connectivity index (χ1n) is 2.75. The molecule has 0 amide bonds. The second kappa shape index (κ2) is 2.44. The first kappa shape index (κ1) is 6.01. The first-order chi connectivity index (χ1) is 3.84. The lowest BCUT2D eigenvalue weighted by Crippen LogP contribution is -2.24. The van der Waals surface area contributed by atoms with Crippen LogP contribution in [0.25, 0.3) is 0 Å². The summed E-state index contributed by atoms with van der Waals surface area (Å²) in [5.74, 6) is 0. The minimum Gasteiger partial charge on any atom is -0.394 e. The number of aliphatic hydroxyl groups is 2. The fourth-order valence-electron chi connectivity index (χ4n) is 0.812. The molecule has 2 atom stereocenters. The van der Waals surface area contributed by atoms with Crippen LogP contribution in [0.5, 0.6) is 0 Å². The number of rotatable bonds is 1. The fourth-order valence-corrected chi connectivity index (χ4v) is 0.812. The van der Waals surface area contributed by atoms with E-state index in [1.165, 1.54) is 0 Å². The maximum absolute atomic E-state index is 8.90. The van der Waals surface area contributed by atoms with Gasteiger partial charge in [-0.1, -0.05) is 0 Å². The van der Waals surface area contributed by atoms with Crippen LogP contribution in [-0.4, -0.2) is 35.6 Å². The van der Waals surface area contributed by atoms with E-state index in [-0.39, 0.29) is 12.7 Å². The predicted molar refractivity (Wildman–Crippen MR) is 27.4 cm³/mol. The van der Waals surface area contributed by atoms with E-state index in [1.54, 1.807) is 0 Å². The molecule has 1 fully saturated rings. The lowest BCUT2D eigenvalue weighted by Gasteiger charge is -2.07. The summed E-state index contributed by atoms with van der Waals surface area (Å²) in [5, 5.41) is 17.4. The van der Waals surface area contributed by atoms with Gasteiger partial charge in [0.05, 0.1) is 12.7 Å². The SMILES string of the molecule is OC[C@H]1OCCC1O. The second-order valence-electron chi connectivity index (χ2n) is 1.95. The molecular weight excluding hydrogens is 108 g/mol. The van der Waals surface area contributed by atoms with Crippen molar-refractivity contribution in [3.63, 3.8) is 0 Å². The fraction of sp³-hybridized carbons (Fsp3) is 1.00. The van der Waals surface area contributed by atoms with E-state index < -0.39 is 6.10 Å². The van der Waals surface area contributed by atoms with Gasteiger partial charge in [0.25, 0.3) is 0 Å². The Bertz CT molecular complexity index is 74.1. The second-order valence-corrected chi connectivity index (χ2v) is 1.95. The van der Waals surface area contributed by atoms with Gasteiger partial charge in [-0.25, -0.2) is 0 Å². The lowest BCUT2D eigenvalue weighted by molar-refractivity contribution is 0.00406. The van der Waals surface area contributed by atoms with Crippen LogP contribution >= 0.6 is 0 Å². The average Bonchev–Trinajstić information content (AvgIpc) is 2.14. The minimum absolute atomic E-state index is 0.0683. The highest BCUT2D eigenvalue weighted by atomic mass is 16.5. The highest BCUT2D eigenvalue weighted by molar-refractivity contribution is 4.73. The number of hydrogen-bond acceptors (Lipinski definition) is 3. The Balaban J connectivity index is 2.30. The van der Waals surface area contributed by atoms with E-state index >= 15 is 0 Å². The lowest BCUT2D eigenvalue weighted by atomic mass is 10.2. The topological polar surface area (TPSA) is 49.7 Å². The van der Waals surface area contributed by atoms with Crippen LogP contribution in [0.3, 0.4) is 0 Å². The van der Waals surface area contributed by atoms with E-state index in [9.17, 15) is 0 Å². The van der Waals surface area contributed by atoms with E-state index in [4.69, 9.17) is 14.9 Å². The molecule has 1 rings (SSSR count). The molecule has 0 saturated carbocycles. The van der Waals surface area contributed by atoms with Gasteiger partial charge in [0.1, 0.15) is 6.10 Å². The molecule has 0 radical (unpaired) electrons. The summed E-state index contributed by atoms with van der Waals surface area (Å²) in [6.07, 6.45) is -0.111. The van der Waals surface area contributed by atoms with Gasteiger partial charge in [-0.05, 0) is 6.42 Å². The quantitative estimate of drug-likeness (QED) is 0.470. The summed E-state index contributed by atoms with van der Waals surface area (Å²) in [6.45, 7) is 0.508. The molecular formula is C5H10O3. The van der Waals surface area contributed by atoms with E-state index in [0.717, 1.165) is 0 Å². The third-order valence-electron chi connectivity index (χ3n) is 1.35. The Morgan fingerprint density at radius 3 is 2.62 bits per heavy atom. The van der Waals surface area contributed by atoms with Gasteiger partial charge in [-0.2, -0.15) is 0 Å². The van der Waals surface area contributed by atoms with E-state index in [2.05, 4.69) is 0 Å². The summed E-state index contributed by atoms with van der Waals surface area (Å²) in [7, 11) is 0. The van der Waals surface area contributed by atoms with Crippen LogP contribution in [0.15, 0.2) is 0 Å². The Morgan fingerprint density at radius 1 is 1.62 bits per heavy atom. The number of ether oxygens (including phenoxy) is 1. The van der Waals surface area contributed by atoms with Crippen molar-refractivity contribution < 1.29 is 14.9 Å². The molecule has 3 heteroatoms. The molecule has 0 aromatic carbocycles. The Hall–Kier alpha value is -0.120. The van der Waals surface area contributed by atoms with Crippen LogP contribution in [0.4, 0.5) is 0 Å². The standard InChI is InChI=1S/C5H10O3/c6-3-5-4(7)1-2-8-5/h4-7H,1-3H2/t4?,5-/m1/s1. The summed E-state index contributed by atoms with van der Waals surface area (Å²) in [4.78, 5) is 0. The van der Waals surface area contributed by atoms with Gasteiger partial charge in [-0.15, -0.1) is 0 Å². The van der Waals surface area contributed by atoms with Gasteiger partial charge >= 0.3 is 0 Å². The molecule has 48 valence electrons. The van der Waals surface area contributed by atoms with Crippen LogP contribution < -0.4 is 0 Å². The minimum atomic E-state index is -0.444. The smallest absolute Gasteiger partial charge is 0.106 e. The third-order valence-corrected chi connectivity index (χ3v) is 1.35. The largest absolute Gasteiger partial charge is 0.394 e. The van der Waals surface area contributed by atoms with Crippen LogP contribution in [0.2, 0.25) is 0 Å². The highest BCUT2D eigenvalue weighted by Crippen LogP contribution is 2.11. The molecule has 8 heavy (non-hydrogen) atoms. The van der Waals surface area contributed by atoms with Crippen molar-refractivity contribution in [2.75, 3.05) is 13.2 Å². The average molecular weight is 118 g/mol. The van der Waals surface area contributed by atoms with Crippen molar-refractivity contribution in [1.29, 1.82) is 0 Å². The summed E-state index contributed by atoms with van der Waals surface area (Å²) in [6, 6.07) is 0. The highest BCUT2D eigenvalue weighted by Gasteiger charge is 2.24. The first-order valence-corrected chi connectivity index (χ1v) is 2.75. The van der Waals surface area contributed by atoms with Crippen molar-refractivity contribution in [2.24, 2.45) is 0 Å².